The molecule has 0 radical (unpaired) electrons. The van der Waals surface area contributed by atoms with Crippen LogP contribution in [0.2, 0.25) is 0 Å². The monoisotopic (exact) mass is 372 g/mol. The summed E-state index contributed by atoms with van der Waals surface area (Å²) >= 11 is 0. The summed E-state index contributed by atoms with van der Waals surface area (Å²) in [6, 6.07) is 8.56. The molecule has 0 unspecified atom stereocenters. The maximum Gasteiger partial charge on any atom is 0.163 e. The van der Waals surface area contributed by atoms with Crippen LogP contribution >= 0.6 is 0 Å². The Morgan fingerprint density at radius 1 is 0.815 bits per heavy atom. The van der Waals surface area contributed by atoms with Gasteiger partial charge in [0.15, 0.2) is 11.6 Å². The van der Waals surface area contributed by atoms with Crippen molar-refractivity contribution >= 4 is 23.7 Å². The lowest BCUT2D eigenvalue weighted by Crippen LogP contribution is -2.02. The minimum atomic E-state index is -0.545. The lowest BCUT2D eigenvalue weighted by Gasteiger charge is -2.05. The van der Waals surface area contributed by atoms with Gasteiger partial charge in [0.2, 0.25) is 0 Å². The van der Waals surface area contributed by atoms with Gasteiger partial charge in [-0.2, -0.15) is 0 Å². The van der Waals surface area contributed by atoms with Crippen LogP contribution in [0.3, 0.4) is 0 Å². The summed E-state index contributed by atoms with van der Waals surface area (Å²) in [6.07, 6.45) is 4.30. The number of rotatable bonds is 8. The number of allylic oxidation sites excluding steroid dienone is 2. The highest BCUT2D eigenvalue weighted by Gasteiger charge is 2.09. The zero-order valence-corrected chi connectivity index (χ0v) is 14.9. The van der Waals surface area contributed by atoms with Gasteiger partial charge in [-0.3, -0.25) is 9.59 Å². The van der Waals surface area contributed by atoms with Crippen molar-refractivity contribution in [2.45, 2.75) is 6.42 Å². The topological polar surface area (TPSA) is 52.6 Å². The smallest absolute Gasteiger partial charge is 0.163 e. The molecule has 0 aliphatic carbocycles. The molecule has 27 heavy (non-hydrogen) atoms. The van der Waals surface area contributed by atoms with Crippen LogP contribution in [0, 0.1) is 11.6 Å². The fraction of sp³-hybridized carbons (Fsp3) is 0.143. The SMILES string of the molecule is COc1cccc(F)c1/C=C/C(=O)CC(=O)/C=C/c1c(F)cccc1OC. The Labute approximate surface area is 155 Å². The molecule has 0 atom stereocenters. The second-order valence-electron chi connectivity index (χ2n) is 5.49. The van der Waals surface area contributed by atoms with Gasteiger partial charge in [-0.15, -0.1) is 0 Å². The Morgan fingerprint density at radius 3 is 1.59 bits per heavy atom. The molecule has 0 spiro atoms. The molecule has 0 aromatic heterocycles. The Bertz CT molecular complexity index is 828. The van der Waals surface area contributed by atoms with Crippen LogP contribution in [0.5, 0.6) is 11.5 Å². The summed E-state index contributed by atoms with van der Waals surface area (Å²) < 4.78 is 37.7. The summed E-state index contributed by atoms with van der Waals surface area (Å²) in [5.74, 6) is -1.58. The van der Waals surface area contributed by atoms with Crippen molar-refractivity contribution in [3.8, 4) is 11.5 Å². The molecule has 6 heteroatoms. The molecule has 2 aromatic carbocycles. The Morgan fingerprint density at radius 2 is 1.22 bits per heavy atom. The molecule has 0 saturated heterocycles. The van der Waals surface area contributed by atoms with Gasteiger partial charge in [-0.05, 0) is 48.6 Å². The number of ether oxygens (including phenoxy) is 2. The molecule has 0 N–H and O–H groups in total. The molecule has 4 nitrogen and oxygen atoms in total. The molecule has 0 amide bonds. The first-order valence-corrected chi connectivity index (χ1v) is 8.03. The maximum atomic E-state index is 13.8. The zero-order valence-electron chi connectivity index (χ0n) is 14.9. The van der Waals surface area contributed by atoms with E-state index in [9.17, 15) is 18.4 Å². The number of benzene rings is 2. The highest BCUT2D eigenvalue weighted by molar-refractivity contribution is 6.11. The lowest BCUT2D eigenvalue weighted by molar-refractivity contribution is -0.121. The van der Waals surface area contributed by atoms with E-state index >= 15 is 0 Å². The molecule has 0 aliphatic rings. The van der Waals surface area contributed by atoms with Gasteiger partial charge in [-0.25, -0.2) is 8.78 Å². The lowest BCUT2D eigenvalue weighted by atomic mass is 10.1. The molecular formula is C21H18F2O4. The molecule has 0 bridgehead atoms. The van der Waals surface area contributed by atoms with Gasteiger partial charge in [0.25, 0.3) is 0 Å². The highest BCUT2D eigenvalue weighted by Crippen LogP contribution is 2.23. The number of hydrogen-bond donors (Lipinski definition) is 0. The fourth-order valence-electron chi connectivity index (χ4n) is 2.36. The second-order valence-corrected chi connectivity index (χ2v) is 5.49. The number of hydrogen-bond acceptors (Lipinski definition) is 4. The van der Waals surface area contributed by atoms with E-state index in [-0.39, 0.29) is 22.6 Å². The largest absolute Gasteiger partial charge is 0.496 e. The Kier molecular flexibility index (Phi) is 7.00. The molecule has 0 saturated carbocycles. The molecule has 2 aromatic rings. The summed E-state index contributed by atoms with van der Waals surface area (Å²) in [5, 5.41) is 0. The van der Waals surface area contributed by atoms with E-state index in [0.717, 1.165) is 12.2 Å². The number of carbonyl (C=O) groups is 2. The van der Waals surface area contributed by atoms with E-state index in [2.05, 4.69) is 0 Å². The van der Waals surface area contributed by atoms with Crippen LogP contribution in [0.1, 0.15) is 17.5 Å². The molecule has 0 fully saturated rings. The number of halogens is 2. The van der Waals surface area contributed by atoms with Crippen molar-refractivity contribution in [3.05, 3.63) is 71.3 Å². The molecular weight excluding hydrogens is 354 g/mol. The van der Waals surface area contributed by atoms with E-state index in [1.54, 1.807) is 12.1 Å². The van der Waals surface area contributed by atoms with Gasteiger partial charge < -0.3 is 9.47 Å². The zero-order chi connectivity index (χ0) is 19.8. The Balaban J connectivity index is 2.06. The molecule has 140 valence electrons. The van der Waals surface area contributed by atoms with Crippen molar-refractivity contribution < 1.29 is 27.8 Å². The first-order chi connectivity index (χ1) is 13.0. The van der Waals surface area contributed by atoms with Crippen LogP contribution in [-0.4, -0.2) is 25.8 Å². The normalized spacial score (nSPS) is 11.1. The third-order valence-electron chi connectivity index (χ3n) is 3.69. The van der Waals surface area contributed by atoms with Gasteiger partial charge in [0.1, 0.15) is 23.1 Å². The molecule has 0 heterocycles. The van der Waals surface area contributed by atoms with Crippen LogP contribution in [0.15, 0.2) is 48.6 Å². The summed E-state index contributed by atoms with van der Waals surface area (Å²) in [5.41, 5.74) is 0.236. The minimum absolute atomic E-state index is 0.118. The van der Waals surface area contributed by atoms with Crippen molar-refractivity contribution in [2.24, 2.45) is 0 Å². The quantitative estimate of drug-likeness (QED) is 0.514. The third kappa shape index (κ3) is 5.34. The van der Waals surface area contributed by atoms with Gasteiger partial charge in [-0.1, -0.05) is 12.1 Å². The van der Waals surface area contributed by atoms with E-state index < -0.39 is 29.6 Å². The van der Waals surface area contributed by atoms with Gasteiger partial charge >= 0.3 is 0 Å². The van der Waals surface area contributed by atoms with E-state index in [4.69, 9.17) is 9.47 Å². The molecule has 0 aliphatic heterocycles. The fourth-order valence-corrected chi connectivity index (χ4v) is 2.36. The average molecular weight is 372 g/mol. The third-order valence-corrected chi connectivity index (χ3v) is 3.69. The summed E-state index contributed by atoms with van der Waals surface area (Å²) in [4.78, 5) is 23.9. The minimum Gasteiger partial charge on any atom is -0.496 e. The summed E-state index contributed by atoms with van der Waals surface area (Å²) in [7, 11) is 2.78. The van der Waals surface area contributed by atoms with Crippen LogP contribution in [0.4, 0.5) is 8.78 Å². The van der Waals surface area contributed by atoms with E-state index in [1.807, 2.05) is 0 Å². The maximum absolute atomic E-state index is 13.8. The molecule has 2 rings (SSSR count). The van der Waals surface area contributed by atoms with Crippen molar-refractivity contribution in [2.75, 3.05) is 14.2 Å². The van der Waals surface area contributed by atoms with E-state index in [0.29, 0.717) is 0 Å². The predicted octanol–water partition coefficient (Wildman–Crippen LogP) is 4.24. The van der Waals surface area contributed by atoms with Crippen LogP contribution < -0.4 is 9.47 Å². The first-order valence-electron chi connectivity index (χ1n) is 8.03. The van der Waals surface area contributed by atoms with Crippen LogP contribution in [0.25, 0.3) is 12.2 Å². The predicted molar refractivity (Wildman–Crippen MR) is 98.6 cm³/mol. The standard InChI is InChI=1S/C21H18F2O4/c1-26-20-7-3-5-18(22)16(20)11-9-14(24)13-15(25)10-12-17-19(23)6-4-8-21(17)27-2/h3-12H,13H2,1-2H3/b11-9+,12-10+. The Hall–Kier alpha value is -3.28. The van der Waals surface area contributed by atoms with Gasteiger partial charge in [0, 0.05) is 0 Å². The van der Waals surface area contributed by atoms with Crippen molar-refractivity contribution in [3.63, 3.8) is 0 Å². The second kappa shape index (κ2) is 9.43. The van der Waals surface area contributed by atoms with Gasteiger partial charge in [0.05, 0.1) is 31.8 Å². The average Bonchev–Trinajstić information content (AvgIpc) is 2.65. The number of ketones is 2. The highest BCUT2D eigenvalue weighted by atomic mass is 19.1. The van der Waals surface area contributed by atoms with Crippen LogP contribution in [-0.2, 0) is 9.59 Å². The van der Waals surface area contributed by atoms with Crippen molar-refractivity contribution in [1.29, 1.82) is 0 Å². The first kappa shape index (κ1) is 20.0. The number of carbonyl (C=O) groups excluding carboxylic acids is 2. The number of methoxy groups -OCH3 is 2. The van der Waals surface area contributed by atoms with Crippen molar-refractivity contribution in [1.82, 2.24) is 0 Å². The summed E-state index contributed by atoms with van der Waals surface area (Å²) in [6.45, 7) is 0. The van der Waals surface area contributed by atoms with E-state index in [1.165, 1.54) is 50.6 Å².